The summed E-state index contributed by atoms with van der Waals surface area (Å²) in [7, 11) is 0. The van der Waals surface area contributed by atoms with Gasteiger partial charge in [0.2, 0.25) is 11.8 Å². The lowest BCUT2D eigenvalue weighted by Crippen LogP contribution is -2.55. The third-order valence-corrected chi connectivity index (χ3v) is 6.23. The van der Waals surface area contributed by atoms with E-state index in [0.29, 0.717) is 25.2 Å². The Kier molecular flexibility index (Phi) is 8.02. The van der Waals surface area contributed by atoms with Crippen LogP contribution in [-0.4, -0.2) is 80.1 Å². The van der Waals surface area contributed by atoms with Crippen molar-refractivity contribution in [3.05, 3.63) is 24.0 Å². The number of ether oxygens (including phenoxy) is 3. The van der Waals surface area contributed by atoms with Gasteiger partial charge in [0.15, 0.2) is 5.69 Å². The Bertz CT molecular complexity index is 1140. The van der Waals surface area contributed by atoms with Crippen LogP contribution in [0.5, 0.6) is 5.88 Å². The molecule has 1 aliphatic heterocycles. The van der Waals surface area contributed by atoms with Crippen LogP contribution >= 0.6 is 0 Å². The van der Waals surface area contributed by atoms with Crippen molar-refractivity contribution in [3.8, 4) is 11.8 Å². The molecule has 208 valence electrons. The van der Waals surface area contributed by atoms with Crippen LogP contribution in [-0.2, 0) is 9.47 Å². The average molecular weight is 537 g/mol. The van der Waals surface area contributed by atoms with Crippen LogP contribution in [0.25, 0.3) is 5.95 Å². The maximum Gasteiger partial charge on any atom is 0.410 e. The van der Waals surface area contributed by atoms with Crippen molar-refractivity contribution in [3.63, 3.8) is 0 Å². The molecule has 3 heterocycles. The quantitative estimate of drug-likeness (QED) is 0.495. The van der Waals surface area contributed by atoms with Gasteiger partial charge in [-0.1, -0.05) is 0 Å². The molecule has 1 aliphatic carbocycles. The maximum absolute atomic E-state index is 13.6. The Hall–Kier alpha value is -3.51. The van der Waals surface area contributed by atoms with Crippen LogP contribution in [0.1, 0.15) is 70.3 Å². The molecule has 2 fully saturated rings. The van der Waals surface area contributed by atoms with Gasteiger partial charge in [0, 0.05) is 37.7 Å². The van der Waals surface area contributed by atoms with Gasteiger partial charge in [-0.15, -0.1) is 0 Å². The van der Waals surface area contributed by atoms with Crippen molar-refractivity contribution in [2.24, 2.45) is 0 Å². The zero-order valence-corrected chi connectivity index (χ0v) is 22.1. The number of likely N-dealkylation sites (tertiary alicyclic amines) is 1. The summed E-state index contributed by atoms with van der Waals surface area (Å²) in [6.07, 6.45) is 2.06. The molecule has 11 nitrogen and oxygen atoms in total. The molecule has 4 rings (SSSR count). The highest BCUT2D eigenvalue weighted by atomic mass is 19.3. The average Bonchev–Trinajstić information content (AvgIpc) is 3.29. The normalized spacial score (nSPS) is 19.4. The van der Waals surface area contributed by atoms with E-state index < -0.39 is 23.6 Å². The summed E-state index contributed by atoms with van der Waals surface area (Å²) < 4.78 is 44.9. The monoisotopic (exact) mass is 536 g/mol. The van der Waals surface area contributed by atoms with E-state index in [9.17, 15) is 18.4 Å². The van der Waals surface area contributed by atoms with Crippen molar-refractivity contribution in [1.29, 1.82) is 0 Å². The van der Waals surface area contributed by atoms with Crippen molar-refractivity contribution >= 4 is 17.9 Å². The van der Waals surface area contributed by atoms with E-state index >= 15 is 0 Å². The first-order valence-corrected chi connectivity index (χ1v) is 12.8. The van der Waals surface area contributed by atoms with Crippen LogP contribution in [0, 0.1) is 0 Å². The summed E-state index contributed by atoms with van der Waals surface area (Å²) in [5.74, 6) is -2.51. The van der Waals surface area contributed by atoms with E-state index in [2.05, 4.69) is 20.4 Å². The molecule has 1 unspecified atom stereocenters. The topological polar surface area (TPSA) is 121 Å². The molecule has 2 aromatic heterocycles. The van der Waals surface area contributed by atoms with Crippen molar-refractivity contribution in [2.75, 3.05) is 25.1 Å². The first-order chi connectivity index (χ1) is 17.9. The molecule has 0 spiro atoms. The van der Waals surface area contributed by atoms with E-state index in [1.807, 2.05) is 20.8 Å². The highest BCUT2D eigenvalue weighted by Gasteiger charge is 2.36. The summed E-state index contributed by atoms with van der Waals surface area (Å²) >= 11 is 0. The molecule has 0 radical (unpaired) electrons. The fraction of sp³-hybridized carbons (Fsp3) is 0.640. The number of nitrogens with one attached hydrogen (secondary N) is 1. The predicted octanol–water partition coefficient (Wildman–Crippen LogP) is 4.22. The van der Waals surface area contributed by atoms with Crippen LogP contribution in [0.2, 0.25) is 0 Å². The molecule has 38 heavy (non-hydrogen) atoms. The lowest BCUT2D eigenvalue weighted by molar-refractivity contribution is -0.0361. The van der Waals surface area contributed by atoms with Crippen LogP contribution in [0.3, 0.4) is 0 Å². The zero-order valence-electron chi connectivity index (χ0n) is 22.1. The van der Waals surface area contributed by atoms with E-state index in [4.69, 9.17) is 14.2 Å². The minimum absolute atomic E-state index is 0.0910. The molecule has 0 aromatic carbocycles. The molecule has 1 N–H and O–H groups in total. The van der Waals surface area contributed by atoms with Gasteiger partial charge in [-0.25, -0.2) is 23.1 Å². The van der Waals surface area contributed by atoms with Gasteiger partial charge in [-0.3, -0.25) is 0 Å². The largest absolute Gasteiger partial charge is 0.475 e. The fourth-order valence-electron chi connectivity index (χ4n) is 4.16. The Balaban J connectivity index is 1.50. The lowest BCUT2D eigenvalue weighted by atomic mass is 9.92. The fourth-order valence-corrected chi connectivity index (χ4v) is 4.16. The van der Waals surface area contributed by atoms with E-state index in [1.54, 1.807) is 17.9 Å². The standard InChI is InChI=1S/C25H34F2N6O5/c1-5-36-21(34)18-9-13-33(31-18)22-29-19(28-16-6-10-25(26,27)11-7-16)14-20(30-22)37-15-17-8-12-32(17)23(35)38-24(2,3)4/h9,13-14,16-17H,5-8,10-12,15H2,1-4H3,(H,28,29,30). The summed E-state index contributed by atoms with van der Waals surface area (Å²) in [6.45, 7) is 8.08. The lowest BCUT2D eigenvalue weighted by Gasteiger charge is -2.40. The van der Waals surface area contributed by atoms with Crippen LogP contribution < -0.4 is 10.1 Å². The first kappa shape index (κ1) is 27.5. The molecular formula is C25H34F2N6O5. The Morgan fingerprint density at radius 2 is 1.92 bits per heavy atom. The minimum Gasteiger partial charge on any atom is -0.475 e. The second-order valence-electron chi connectivity index (χ2n) is 10.5. The predicted molar refractivity (Wildman–Crippen MR) is 133 cm³/mol. The van der Waals surface area contributed by atoms with Gasteiger partial charge in [-0.2, -0.15) is 15.1 Å². The molecule has 1 saturated heterocycles. The Morgan fingerprint density at radius 3 is 2.55 bits per heavy atom. The number of carbonyl (C=O) groups is 2. The van der Waals surface area contributed by atoms with Gasteiger partial charge < -0.3 is 24.4 Å². The number of rotatable bonds is 8. The molecule has 1 atom stereocenters. The number of hydrogen-bond donors (Lipinski definition) is 1. The third-order valence-electron chi connectivity index (χ3n) is 6.23. The maximum atomic E-state index is 13.6. The Morgan fingerprint density at radius 1 is 1.18 bits per heavy atom. The van der Waals surface area contributed by atoms with Crippen LogP contribution in [0.15, 0.2) is 18.3 Å². The molecule has 13 heteroatoms. The highest BCUT2D eigenvalue weighted by Crippen LogP contribution is 2.34. The first-order valence-electron chi connectivity index (χ1n) is 12.8. The van der Waals surface area contributed by atoms with E-state index in [0.717, 1.165) is 6.42 Å². The second-order valence-corrected chi connectivity index (χ2v) is 10.5. The minimum atomic E-state index is -2.65. The van der Waals surface area contributed by atoms with Gasteiger partial charge in [0.25, 0.3) is 5.95 Å². The molecule has 1 amide bonds. The molecule has 2 aromatic rings. The third kappa shape index (κ3) is 7.07. The number of hydrogen-bond acceptors (Lipinski definition) is 9. The number of halogens is 2. The Labute approximate surface area is 219 Å². The number of nitrogens with zero attached hydrogens (tertiary/aromatic N) is 5. The van der Waals surface area contributed by atoms with Gasteiger partial charge >= 0.3 is 12.1 Å². The number of anilines is 1. The van der Waals surface area contributed by atoms with Gasteiger partial charge in [0.1, 0.15) is 18.0 Å². The molecule has 2 aliphatic rings. The number of esters is 1. The molecule has 1 saturated carbocycles. The summed E-state index contributed by atoms with van der Waals surface area (Å²) in [6, 6.07) is 2.70. The van der Waals surface area contributed by atoms with Crippen molar-refractivity contribution < 1.29 is 32.6 Å². The summed E-state index contributed by atoms with van der Waals surface area (Å²) in [4.78, 5) is 35.0. The summed E-state index contributed by atoms with van der Waals surface area (Å²) in [5, 5.41) is 7.41. The van der Waals surface area contributed by atoms with Gasteiger partial charge in [-0.05, 0) is 53.0 Å². The van der Waals surface area contributed by atoms with Gasteiger partial charge in [0.05, 0.1) is 12.6 Å². The van der Waals surface area contributed by atoms with Crippen molar-refractivity contribution in [2.45, 2.75) is 83.4 Å². The number of amides is 1. The zero-order chi connectivity index (χ0) is 27.5. The smallest absolute Gasteiger partial charge is 0.410 e. The van der Waals surface area contributed by atoms with E-state index in [1.165, 1.54) is 16.9 Å². The number of alkyl halides is 2. The molecular weight excluding hydrogens is 502 g/mol. The van der Waals surface area contributed by atoms with Crippen molar-refractivity contribution in [1.82, 2.24) is 24.6 Å². The number of aromatic nitrogens is 4. The SMILES string of the molecule is CCOC(=O)c1ccn(-c2nc(NC3CCC(F)(F)CC3)cc(OCC3CCN3C(=O)OC(C)(C)C)n2)n1. The second kappa shape index (κ2) is 11.1. The van der Waals surface area contributed by atoms with E-state index in [-0.39, 0.29) is 55.7 Å². The highest BCUT2D eigenvalue weighted by molar-refractivity contribution is 5.87. The van der Waals surface area contributed by atoms with Crippen LogP contribution in [0.4, 0.5) is 19.4 Å². The number of carbonyl (C=O) groups excluding carboxylic acids is 2. The molecule has 0 bridgehead atoms. The summed E-state index contributed by atoms with van der Waals surface area (Å²) in [5.41, 5.74) is -0.511.